The highest BCUT2D eigenvalue weighted by Crippen LogP contribution is 2.12. The zero-order chi connectivity index (χ0) is 9.68. The number of rotatable bonds is 4. The molecule has 0 bridgehead atoms. The van der Waals surface area contributed by atoms with Gasteiger partial charge in [0.25, 0.3) is 0 Å². The number of aliphatic hydroxyl groups is 1. The summed E-state index contributed by atoms with van der Waals surface area (Å²) in [6.07, 6.45) is 2.37. The van der Waals surface area contributed by atoms with Crippen LogP contribution in [0, 0.1) is 5.92 Å². The van der Waals surface area contributed by atoms with E-state index in [-0.39, 0.29) is 6.61 Å². The standard InChI is InChI=1S/C12H18O/c1-3-10(2)8-11-4-6-12(9-13)7-5-11/h4-7,10,13H,3,8-9H2,1-2H3. The fraction of sp³-hybridized carbons (Fsp3) is 0.500. The summed E-state index contributed by atoms with van der Waals surface area (Å²) < 4.78 is 0. The van der Waals surface area contributed by atoms with Gasteiger partial charge >= 0.3 is 0 Å². The molecule has 72 valence electrons. The molecular formula is C12H18O. The van der Waals surface area contributed by atoms with Gasteiger partial charge in [0.05, 0.1) is 6.61 Å². The molecule has 0 aliphatic rings. The Labute approximate surface area is 80.4 Å². The minimum atomic E-state index is 0.142. The van der Waals surface area contributed by atoms with Gasteiger partial charge in [-0.3, -0.25) is 0 Å². The van der Waals surface area contributed by atoms with Crippen molar-refractivity contribution in [2.75, 3.05) is 0 Å². The molecule has 0 radical (unpaired) electrons. The quantitative estimate of drug-likeness (QED) is 0.751. The van der Waals surface area contributed by atoms with E-state index in [2.05, 4.69) is 26.0 Å². The molecule has 1 heteroatoms. The van der Waals surface area contributed by atoms with Crippen LogP contribution in [0.3, 0.4) is 0 Å². The van der Waals surface area contributed by atoms with E-state index in [1.807, 2.05) is 12.1 Å². The lowest BCUT2D eigenvalue weighted by molar-refractivity contribution is 0.282. The fourth-order valence-corrected chi connectivity index (χ4v) is 1.33. The van der Waals surface area contributed by atoms with Gasteiger partial charge in [-0.05, 0) is 23.5 Å². The predicted molar refractivity (Wildman–Crippen MR) is 55.5 cm³/mol. The lowest BCUT2D eigenvalue weighted by Crippen LogP contribution is -1.97. The van der Waals surface area contributed by atoms with Crippen LogP contribution in [0.5, 0.6) is 0 Å². The van der Waals surface area contributed by atoms with Gasteiger partial charge in [0, 0.05) is 0 Å². The average molecular weight is 178 g/mol. The van der Waals surface area contributed by atoms with Crippen molar-refractivity contribution in [3.63, 3.8) is 0 Å². The second-order valence-electron chi connectivity index (χ2n) is 3.69. The molecule has 1 aromatic rings. The molecule has 13 heavy (non-hydrogen) atoms. The van der Waals surface area contributed by atoms with E-state index in [1.165, 1.54) is 12.0 Å². The van der Waals surface area contributed by atoms with Crippen LogP contribution in [0.4, 0.5) is 0 Å². The van der Waals surface area contributed by atoms with Crippen LogP contribution in [-0.2, 0) is 13.0 Å². The van der Waals surface area contributed by atoms with Crippen molar-refractivity contribution in [1.82, 2.24) is 0 Å². The summed E-state index contributed by atoms with van der Waals surface area (Å²) >= 11 is 0. The van der Waals surface area contributed by atoms with Gasteiger partial charge in [0.1, 0.15) is 0 Å². The molecule has 0 amide bonds. The molecule has 0 fully saturated rings. The van der Waals surface area contributed by atoms with Gasteiger partial charge in [-0.25, -0.2) is 0 Å². The molecule has 1 rings (SSSR count). The third-order valence-corrected chi connectivity index (χ3v) is 2.49. The Hall–Kier alpha value is -0.820. The molecule has 1 unspecified atom stereocenters. The summed E-state index contributed by atoms with van der Waals surface area (Å²) in [6, 6.07) is 8.21. The SMILES string of the molecule is CCC(C)Cc1ccc(CO)cc1. The molecule has 0 aliphatic carbocycles. The summed E-state index contributed by atoms with van der Waals surface area (Å²) in [7, 11) is 0. The van der Waals surface area contributed by atoms with E-state index in [9.17, 15) is 0 Å². The largest absolute Gasteiger partial charge is 0.392 e. The highest BCUT2D eigenvalue weighted by molar-refractivity contribution is 5.22. The van der Waals surface area contributed by atoms with E-state index in [0.29, 0.717) is 0 Å². The third kappa shape index (κ3) is 3.19. The molecule has 0 aliphatic heterocycles. The molecule has 1 aromatic carbocycles. The maximum absolute atomic E-state index is 8.86. The monoisotopic (exact) mass is 178 g/mol. The first kappa shape index (κ1) is 10.3. The average Bonchev–Trinajstić information content (AvgIpc) is 2.19. The highest BCUT2D eigenvalue weighted by Gasteiger charge is 2.00. The van der Waals surface area contributed by atoms with Crippen LogP contribution in [0.2, 0.25) is 0 Å². The van der Waals surface area contributed by atoms with E-state index in [1.54, 1.807) is 0 Å². The number of hydrogen-bond donors (Lipinski definition) is 1. The second kappa shape index (κ2) is 5.03. The summed E-state index contributed by atoms with van der Waals surface area (Å²) in [4.78, 5) is 0. The Morgan fingerprint density at radius 3 is 2.15 bits per heavy atom. The maximum atomic E-state index is 8.86. The van der Waals surface area contributed by atoms with E-state index >= 15 is 0 Å². The van der Waals surface area contributed by atoms with Crippen LogP contribution >= 0.6 is 0 Å². The minimum absolute atomic E-state index is 0.142. The Bertz CT molecular complexity index is 238. The van der Waals surface area contributed by atoms with E-state index in [0.717, 1.165) is 17.9 Å². The zero-order valence-corrected chi connectivity index (χ0v) is 8.46. The molecule has 0 spiro atoms. The van der Waals surface area contributed by atoms with Crippen LogP contribution < -0.4 is 0 Å². The Morgan fingerprint density at radius 1 is 1.15 bits per heavy atom. The zero-order valence-electron chi connectivity index (χ0n) is 8.46. The fourth-order valence-electron chi connectivity index (χ4n) is 1.33. The summed E-state index contributed by atoms with van der Waals surface area (Å²) in [5.41, 5.74) is 2.36. The minimum Gasteiger partial charge on any atom is -0.392 e. The first-order valence-electron chi connectivity index (χ1n) is 4.95. The first-order chi connectivity index (χ1) is 6.26. The molecular weight excluding hydrogens is 160 g/mol. The molecule has 0 heterocycles. The van der Waals surface area contributed by atoms with Gasteiger partial charge in [-0.1, -0.05) is 44.5 Å². The van der Waals surface area contributed by atoms with Crippen LogP contribution in [0.25, 0.3) is 0 Å². The van der Waals surface area contributed by atoms with Gasteiger partial charge in [0.2, 0.25) is 0 Å². The Morgan fingerprint density at radius 2 is 1.69 bits per heavy atom. The van der Waals surface area contributed by atoms with Crippen LogP contribution in [0.1, 0.15) is 31.4 Å². The Kier molecular flexibility index (Phi) is 3.97. The van der Waals surface area contributed by atoms with Crippen molar-refractivity contribution in [3.8, 4) is 0 Å². The predicted octanol–water partition coefficient (Wildman–Crippen LogP) is 2.77. The molecule has 0 saturated heterocycles. The van der Waals surface area contributed by atoms with E-state index in [4.69, 9.17) is 5.11 Å². The van der Waals surface area contributed by atoms with Crippen molar-refractivity contribution in [3.05, 3.63) is 35.4 Å². The summed E-state index contributed by atoms with van der Waals surface area (Å²) in [5, 5.41) is 8.86. The van der Waals surface area contributed by atoms with Gasteiger partial charge in [-0.15, -0.1) is 0 Å². The molecule has 0 saturated carbocycles. The number of hydrogen-bond acceptors (Lipinski definition) is 1. The smallest absolute Gasteiger partial charge is 0.0681 e. The van der Waals surface area contributed by atoms with Crippen molar-refractivity contribution in [2.24, 2.45) is 5.92 Å². The summed E-state index contributed by atoms with van der Waals surface area (Å²) in [5.74, 6) is 0.750. The van der Waals surface area contributed by atoms with Crippen molar-refractivity contribution in [1.29, 1.82) is 0 Å². The third-order valence-electron chi connectivity index (χ3n) is 2.49. The first-order valence-corrected chi connectivity index (χ1v) is 4.95. The number of aliphatic hydroxyl groups excluding tert-OH is 1. The van der Waals surface area contributed by atoms with Gasteiger partial charge in [-0.2, -0.15) is 0 Å². The molecule has 1 atom stereocenters. The van der Waals surface area contributed by atoms with Gasteiger partial charge < -0.3 is 5.11 Å². The lowest BCUT2D eigenvalue weighted by atomic mass is 9.98. The lowest BCUT2D eigenvalue weighted by Gasteiger charge is -2.08. The summed E-state index contributed by atoms with van der Waals surface area (Å²) in [6.45, 7) is 4.62. The number of benzene rings is 1. The highest BCUT2D eigenvalue weighted by atomic mass is 16.3. The van der Waals surface area contributed by atoms with Crippen molar-refractivity contribution >= 4 is 0 Å². The van der Waals surface area contributed by atoms with Crippen molar-refractivity contribution in [2.45, 2.75) is 33.3 Å². The van der Waals surface area contributed by atoms with Gasteiger partial charge in [0.15, 0.2) is 0 Å². The van der Waals surface area contributed by atoms with Crippen LogP contribution in [-0.4, -0.2) is 5.11 Å². The molecule has 1 N–H and O–H groups in total. The van der Waals surface area contributed by atoms with E-state index < -0.39 is 0 Å². The van der Waals surface area contributed by atoms with Crippen LogP contribution in [0.15, 0.2) is 24.3 Å². The normalized spacial score (nSPS) is 12.8. The molecule has 1 nitrogen and oxygen atoms in total. The molecule has 0 aromatic heterocycles. The topological polar surface area (TPSA) is 20.2 Å². The maximum Gasteiger partial charge on any atom is 0.0681 e. The Balaban J connectivity index is 2.58. The van der Waals surface area contributed by atoms with Crippen molar-refractivity contribution < 1.29 is 5.11 Å². The second-order valence-corrected chi connectivity index (χ2v) is 3.69.